The molecule has 2 N–H and O–H groups in total. The minimum Gasteiger partial charge on any atom is -0.315 e. The van der Waals surface area contributed by atoms with Crippen molar-refractivity contribution in [2.24, 2.45) is 5.92 Å². The second-order valence-corrected chi connectivity index (χ2v) is 3.46. The van der Waals surface area contributed by atoms with Gasteiger partial charge in [0.25, 0.3) is 0 Å². The van der Waals surface area contributed by atoms with E-state index in [1.807, 2.05) is 0 Å². The molecule has 10 heavy (non-hydrogen) atoms. The van der Waals surface area contributed by atoms with Gasteiger partial charge in [-0.3, -0.25) is 0 Å². The summed E-state index contributed by atoms with van der Waals surface area (Å²) in [5.41, 5.74) is 0. The molecule has 1 aliphatic carbocycles. The van der Waals surface area contributed by atoms with Gasteiger partial charge < -0.3 is 10.6 Å². The molecular formula is C8H16N2. The minimum atomic E-state index is 0.794. The van der Waals surface area contributed by atoms with Crippen molar-refractivity contribution >= 4 is 0 Å². The van der Waals surface area contributed by atoms with Gasteiger partial charge in [-0.05, 0) is 38.3 Å². The van der Waals surface area contributed by atoms with Gasteiger partial charge in [-0.15, -0.1) is 0 Å². The highest BCUT2D eigenvalue weighted by Gasteiger charge is 2.30. The van der Waals surface area contributed by atoms with Gasteiger partial charge in [0.1, 0.15) is 0 Å². The molecule has 2 nitrogen and oxygen atoms in total. The van der Waals surface area contributed by atoms with Crippen LogP contribution in [0.1, 0.15) is 19.3 Å². The van der Waals surface area contributed by atoms with Gasteiger partial charge in [0.05, 0.1) is 0 Å². The Morgan fingerprint density at radius 1 is 1.10 bits per heavy atom. The zero-order valence-electron chi connectivity index (χ0n) is 6.40. The Kier molecular flexibility index (Phi) is 1.91. The first-order valence-electron chi connectivity index (χ1n) is 4.41. The van der Waals surface area contributed by atoms with E-state index in [9.17, 15) is 0 Å². The van der Waals surface area contributed by atoms with E-state index in [0.717, 1.165) is 12.0 Å². The summed E-state index contributed by atoms with van der Waals surface area (Å²) < 4.78 is 0. The second kappa shape index (κ2) is 2.89. The maximum absolute atomic E-state index is 3.58. The van der Waals surface area contributed by atoms with Crippen LogP contribution in [0.4, 0.5) is 0 Å². The van der Waals surface area contributed by atoms with E-state index in [2.05, 4.69) is 10.6 Å². The maximum Gasteiger partial charge on any atom is 0.0220 e. The van der Waals surface area contributed by atoms with Crippen molar-refractivity contribution in [1.29, 1.82) is 0 Å². The van der Waals surface area contributed by atoms with Gasteiger partial charge >= 0.3 is 0 Å². The first-order chi connectivity index (χ1) is 4.97. The van der Waals surface area contributed by atoms with Crippen LogP contribution >= 0.6 is 0 Å². The molecule has 2 aliphatic rings. The summed E-state index contributed by atoms with van der Waals surface area (Å²) >= 11 is 0. The molecule has 1 aliphatic heterocycles. The summed E-state index contributed by atoms with van der Waals surface area (Å²) in [6.45, 7) is 3.62. The van der Waals surface area contributed by atoms with Crippen LogP contribution in [0.2, 0.25) is 0 Å². The highest BCUT2D eigenvalue weighted by Crippen LogP contribution is 2.32. The third-order valence-electron chi connectivity index (χ3n) is 2.49. The van der Waals surface area contributed by atoms with Crippen molar-refractivity contribution in [3.63, 3.8) is 0 Å². The first-order valence-corrected chi connectivity index (χ1v) is 4.41. The fraction of sp³-hybridized carbons (Fsp3) is 1.00. The molecule has 0 amide bonds. The van der Waals surface area contributed by atoms with Crippen LogP contribution < -0.4 is 10.6 Å². The van der Waals surface area contributed by atoms with Crippen molar-refractivity contribution in [2.45, 2.75) is 25.3 Å². The molecule has 0 spiro atoms. The lowest BCUT2D eigenvalue weighted by Crippen LogP contribution is -2.36. The minimum absolute atomic E-state index is 0.794. The van der Waals surface area contributed by atoms with E-state index in [0.29, 0.717) is 0 Å². The fourth-order valence-electron chi connectivity index (χ4n) is 1.66. The second-order valence-electron chi connectivity index (χ2n) is 3.46. The Bertz CT molecular complexity index is 102. The summed E-state index contributed by atoms with van der Waals surface area (Å²) in [7, 11) is 0. The topological polar surface area (TPSA) is 24.1 Å². The van der Waals surface area contributed by atoms with Crippen LogP contribution in [0.5, 0.6) is 0 Å². The monoisotopic (exact) mass is 140 g/mol. The summed E-state index contributed by atoms with van der Waals surface area (Å²) in [5, 5.41) is 7.04. The third kappa shape index (κ3) is 1.50. The molecule has 58 valence electrons. The molecular weight excluding hydrogens is 124 g/mol. The van der Waals surface area contributed by atoms with Crippen molar-refractivity contribution in [3.8, 4) is 0 Å². The van der Waals surface area contributed by atoms with Crippen LogP contribution in [-0.4, -0.2) is 25.7 Å². The quantitative estimate of drug-likeness (QED) is 0.549. The zero-order chi connectivity index (χ0) is 6.81. The van der Waals surface area contributed by atoms with E-state index < -0.39 is 0 Å². The van der Waals surface area contributed by atoms with Crippen LogP contribution in [0.25, 0.3) is 0 Å². The molecule has 0 aromatic carbocycles. The van der Waals surface area contributed by atoms with Gasteiger partial charge in [-0.1, -0.05) is 0 Å². The molecule has 1 unspecified atom stereocenters. The normalized spacial score (nSPS) is 35.4. The smallest absolute Gasteiger partial charge is 0.0220 e. The van der Waals surface area contributed by atoms with Gasteiger partial charge in [0, 0.05) is 12.6 Å². The lowest BCUT2D eigenvalue weighted by Gasteiger charge is -2.13. The Morgan fingerprint density at radius 2 is 2.00 bits per heavy atom. The number of nitrogens with one attached hydrogen (secondary N) is 2. The molecule has 2 rings (SSSR count). The van der Waals surface area contributed by atoms with Crippen molar-refractivity contribution < 1.29 is 0 Å². The highest BCUT2D eigenvalue weighted by molar-refractivity contribution is 4.88. The molecule has 1 heterocycles. The van der Waals surface area contributed by atoms with E-state index in [-0.39, 0.29) is 0 Å². The molecule has 0 aromatic heterocycles. The maximum atomic E-state index is 3.58. The van der Waals surface area contributed by atoms with Crippen LogP contribution in [0, 0.1) is 5.92 Å². The largest absolute Gasteiger partial charge is 0.315 e. The Morgan fingerprint density at radius 3 is 2.80 bits per heavy atom. The molecule has 2 heteroatoms. The lowest BCUT2D eigenvalue weighted by molar-refractivity contribution is 0.476. The Balaban J connectivity index is 1.81. The SMILES string of the molecule is C1CNCC(C2CC2)NC1. The van der Waals surface area contributed by atoms with Gasteiger partial charge in [-0.2, -0.15) is 0 Å². The van der Waals surface area contributed by atoms with Crippen LogP contribution in [-0.2, 0) is 0 Å². The number of rotatable bonds is 1. The highest BCUT2D eigenvalue weighted by atomic mass is 15.0. The number of hydrogen-bond acceptors (Lipinski definition) is 2. The molecule has 0 radical (unpaired) electrons. The fourth-order valence-corrected chi connectivity index (χ4v) is 1.66. The van der Waals surface area contributed by atoms with E-state index in [4.69, 9.17) is 0 Å². The molecule has 1 saturated heterocycles. The zero-order valence-corrected chi connectivity index (χ0v) is 6.40. The molecule has 2 fully saturated rings. The molecule has 0 bridgehead atoms. The van der Waals surface area contributed by atoms with Crippen molar-refractivity contribution in [2.75, 3.05) is 19.6 Å². The molecule has 1 saturated carbocycles. The first kappa shape index (κ1) is 6.62. The Labute approximate surface area is 62.4 Å². The summed E-state index contributed by atoms with van der Waals surface area (Å²) in [4.78, 5) is 0. The van der Waals surface area contributed by atoms with Crippen molar-refractivity contribution in [1.82, 2.24) is 10.6 Å². The standard InChI is InChI=1S/C8H16N2/c1-4-9-6-8(10-5-1)7-2-3-7/h7-10H,1-6H2. The average Bonchev–Trinajstić information content (AvgIpc) is 2.76. The third-order valence-corrected chi connectivity index (χ3v) is 2.49. The predicted molar refractivity (Wildman–Crippen MR) is 42.0 cm³/mol. The van der Waals surface area contributed by atoms with E-state index in [1.165, 1.54) is 38.9 Å². The molecule has 1 atom stereocenters. The van der Waals surface area contributed by atoms with E-state index in [1.54, 1.807) is 0 Å². The Hall–Kier alpha value is -0.0800. The number of hydrogen-bond donors (Lipinski definition) is 2. The van der Waals surface area contributed by atoms with Crippen LogP contribution in [0.3, 0.4) is 0 Å². The van der Waals surface area contributed by atoms with Gasteiger partial charge in [0.15, 0.2) is 0 Å². The van der Waals surface area contributed by atoms with Crippen molar-refractivity contribution in [3.05, 3.63) is 0 Å². The van der Waals surface area contributed by atoms with Crippen LogP contribution in [0.15, 0.2) is 0 Å². The van der Waals surface area contributed by atoms with E-state index >= 15 is 0 Å². The lowest BCUT2D eigenvalue weighted by atomic mass is 10.2. The molecule has 0 aromatic rings. The van der Waals surface area contributed by atoms with Gasteiger partial charge in [-0.25, -0.2) is 0 Å². The average molecular weight is 140 g/mol. The summed E-state index contributed by atoms with van der Waals surface area (Å²) in [6, 6.07) is 0.794. The summed E-state index contributed by atoms with van der Waals surface area (Å²) in [6.07, 6.45) is 4.21. The van der Waals surface area contributed by atoms with Gasteiger partial charge in [0.2, 0.25) is 0 Å². The predicted octanol–water partition coefficient (Wildman–Crippen LogP) is 0.348. The summed E-state index contributed by atoms with van der Waals surface area (Å²) in [5.74, 6) is 1.01.